The van der Waals surface area contributed by atoms with Crippen LogP contribution >= 0.6 is 11.6 Å². The van der Waals surface area contributed by atoms with E-state index in [0.29, 0.717) is 5.92 Å². The Morgan fingerprint density at radius 2 is 1.85 bits per heavy atom. The predicted octanol–water partition coefficient (Wildman–Crippen LogP) is 4.76. The van der Waals surface area contributed by atoms with Gasteiger partial charge in [0.2, 0.25) is 0 Å². The van der Waals surface area contributed by atoms with Crippen LogP contribution in [-0.4, -0.2) is 37.8 Å². The number of rotatable bonds is 6. The van der Waals surface area contributed by atoms with Crippen LogP contribution < -0.4 is 4.74 Å². The smallest absolute Gasteiger partial charge is 0.124 e. The number of para-hydroxylation sites is 1. The Hall–Kier alpha value is -1.55. The molecule has 1 N–H and O–H groups in total. The third-order valence-corrected chi connectivity index (χ3v) is 6.08. The Morgan fingerprint density at radius 3 is 2.52 bits per heavy atom. The third kappa shape index (κ3) is 4.66. The molecule has 2 aromatic carbocycles. The van der Waals surface area contributed by atoms with Crippen LogP contribution in [0.3, 0.4) is 0 Å². The molecule has 0 aliphatic heterocycles. The number of hydrogen-bond donors (Lipinski definition) is 1. The molecule has 1 aliphatic rings. The van der Waals surface area contributed by atoms with E-state index in [1.165, 1.54) is 5.56 Å². The Labute approximate surface area is 167 Å². The lowest BCUT2D eigenvalue weighted by Crippen LogP contribution is -2.45. The van der Waals surface area contributed by atoms with Crippen molar-refractivity contribution in [3.63, 3.8) is 0 Å². The van der Waals surface area contributed by atoms with Gasteiger partial charge in [-0.05, 0) is 69.5 Å². The molecule has 3 nitrogen and oxygen atoms in total. The fraction of sp³-hybridized carbons (Fsp3) is 0.478. The maximum absolute atomic E-state index is 11.8. The molecule has 1 aliphatic carbocycles. The van der Waals surface area contributed by atoms with Gasteiger partial charge in [-0.15, -0.1) is 0 Å². The van der Waals surface area contributed by atoms with Crippen molar-refractivity contribution in [3.05, 3.63) is 64.7 Å². The number of aliphatic hydroxyl groups is 1. The molecule has 1 fully saturated rings. The zero-order valence-electron chi connectivity index (χ0n) is 16.5. The predicted molar refractivity (Wildman–Crippen MR) is 111 cm³/mol. The molecule has 2 aromatic rings. The second-order valence-electron chi connectivity index (χ2n) is 8.05. The first-order chi connectivity index (χ1) is 12.9. The van der Waals surface area contributed by atoms with Crippen LogP contribution in [0.1, 0.15) is 30.4 Å². The quantitative estimate of drug-likeness (QED) is 0.775. The van der Waals surface area contributed by atoms with Crippen LogP contribution in [0, 0.1) is 11.8 Å². The minimum Gasteiger partial charge on any atom is -0.496 e. The van der Waals surface area contributed by atoms with Crippen LogP contribution in [0.5, 0.6) is 5.75 Å². The summed E-state index contributed by atoms with van der Waals surface area (Å²) in [5, 5.41) is 12.5. The molecular weight excluding hydrogens is 358 g/mol. The molecule has 0 radical (unpaired) electrons. The van der Waals surface area contributed by atoms with Gasteiger partial charge in [0.15, 0.2) is 0 Å². The molecular formula is C23H30ClNO2. The van der Waals surface area contributed by atoms with Crippen LogP contribution in [0.25, 0.3) is 0 Å². The van der Waals surface area contributed by atoms with Crippen molar-refractivity contribution >= 4 is 11.6 Å². The van der Waals surface area contributed by atoms with Crippen molar-refractivity contribution in [1.29, 1.82) is 0 Å². The lowest BCUT2D eigenvalue weighted by atomic mass is 9.66. The molecule has 0 spiro atoms. The van der Waals surface area contributed by atoms with E-state index >= 15 is 0 Å². The topological polar surface area (TPSA) is 32.7 Å². The summed E-state index contributed by atoms with van der Waals surface area (Å²) in [6, 6.07) is 16.1. The molecule has 4 heteroatoms. The van der Waals surface area contributed by atoms with Gasteiger partial charge in [-0.1, -0.05) is 41.9 Å². The van der Waals surface area contributed by atoms with E-state index in [0.717, 1.165) is 48.6 Å². The van der Waals surface area contributed by atoms with Gasteiger partial charge in [0.05, 0.1) is 12.7 Å². The van der Waals surface area contributed by atoms with Crippen LogP contribution in [-0.2, 0) is 12.0 Å². The lowest BCUT2D eigenvalue weighted by Gasteiger charge is -2.45. The van der Waals surface area contributed by atoms with Gasteiger partial charge >= 0.3 is 0 Å². The second kappa shape index (κ2) is 8.64. The van der Waals surface area contributed by atoms with E-state index in [4.69, 9.17) is 16.3 Å². The van der Waals surface area contributed by atoms with Crippen molar-refractivity contribution < 1.29 is 9.84 Å². The Kier molecular flexibility index (Phi) is 6.46. The lowest BCUT2D eigenvalue weighted by molar-refractivity contribution is -0.0764. The normalized spacial score (nSPS) is 25.6. The largest absolute Gasteiger partial charge is 0.496 e. The number of ether oxygens (including phenoxy) is 1. The summed E-state index contributed by atoms with van der Waals surface area (Å²) >= 11 is 6.02. The molecule has 3 unspecified atom stereocenters. The maximum Gasteiger partial charge on any atom is 0.124 e. The van der Waals surface area contributed by atoms with E-state index < -0.39 is 5.60 Å². The summed E-state index contributed by atoms with van der Waals surface area (Å²) in [7, 11) is 5.83. The van der Waals surface area contributed by atoms with E-state index in [9.17, 15) is 5.11 Å². The Bertz CT molecular complexity index is 746. The summed E-state index contributed by atoms with van der Waals surface area (Å²) in [6.45, 7) is 0.853. The number of benzene rings is 2. The van der Waals surface area contributed by atoms with Crippen molar-refractivity contribution in [3.8, 4) is 5.75 Å². The monoisotopic (exact) mass is 387 g/mol. The highest BCUT2D eigenvalue weighted by Gasteiger charge is 2.44. The van der Waals surface area contributed by atoms with Crippen molar-refractivity contribution in [2.75, 3.05) is 27.7 Å². The second-order valence-corrected chi connectivity index (χ2v) is 8.49. The highest BCUT2D eigenvalue weighted by atomic mass is 35.5. The summed E-state index contributed by atoms with van der Waals surface area (Å²) in [6.07, 6.45) is 3.78. The number of nitrogens with zero attached hydrogens (tertiary/aromatic N) is 1. The van der Waals surface area contributed by atoms with E-state index in [1.807, 2.05) is 36.4 Å². The summed E-state index contributed by atoms with van der Waals surface area (Å²) in [5.74, 6) is 1.50. The van der Waals surface area contributed by atoms with E-state index in [2.05, 4.69) is 31.1 Å². The summed E-state index contributed by atoms with van der Waals surface area (Å²) < 4.78 is 5.56. The molecule has 1 saturated carbocycles. The van der Waals surface area contributed by atoms with Crippen LogP contribution in [0.2, 0.25) is 5.02 Å². The average molecular weight is 388 g/mol. The molecule has 27 heavy (non-hydrogen) atoms. The fourth-order valence-electron chi connectivity index (χ4n) is 4.51. The molecule has 3 atom stereocenters. The Morgan fingerprint density at radius 1 is 1.15 bits per heavy atom. The van der Waals surface area contributed by atoms with Gasteiger partial charge in [0.1, 0.15) is 5.75 Å². The number of halogens is 1. The zero-order chi connectivity index (χ0) is 19.4. The summed E-state index contributed by atoms with van der Waals surface area (Å²) in [5.41, 5.74) is 1.38. The third-order valence-electron chi connectivity index (χ3n) is 5.82. The fourth-order valence-corrected chi connectivity index (χ4v) is 4.63. The molecule has 146 valence electrons. The molecule has 0 heterocycles. The molecule has 0 amide bonds. The van der Waals surface area contributed by atoms with E-state index in [-0.39, 0.29) is 5.92 Å². The average Bonchev–Trinajstić information content (AvgIpc) is 2.66. The minimum absolute atomic E-state index is 0.162. The SMILES string of the molecule is COc1ccccc1C1(O)CCC(Cc2ccc(Cl)cc2)CC1CN(C)C. The van der Waals surface area contributed by atoms with Gasteiger partial charge in [-0.25, -0.2) is 0 Å². The van der Waals surface area contributed by atoms with Crippen LogP contribution in [0.4, 0.5) is 0 Å². The number of methoxy groups -OCH3 is 1. The zero-order valence-corrected chi connectivity index (χ0v) is 17.2. The van der Waals surface area contributed by atoms with Crippen LogP contribution in [0.15, 0.2) is 48.5 Å². The van der Waals surface area contributed by atoms with Gasteiger partial charge in [0.25, 0.3) is 0 Å². The van der Waals surface area contributed by atoms with Crippen molar-refractivity contribution in [1.82, 2.24) is 4.90 Å². The minimum atomic E-state index is -0.854. The maximum atomic E-state index is 11.8. The summed E-state index contributed by atoms with van der Waals surface area (Å²) in [4.78, 5) is 2.18. The first-order valence-corrected chi connectivity index (χ1v) is 10.0. The van der Waals surface area contributed by atoms with Crippen molar-refractivity contribution in [2.45, 2.75) is 31.3 Å². The number of hydrogen-bond acceptors (Lipinski definition) is 3. The van der Waals surface area contributed by atoms with Gasteiger partial charge < -0.3 is 14.7 Å². The molecule has 0 saturated heterocycles. The first kappa shape index (κ1) is 20.2. The highest BCUT2D eigenvalue weighted by molar-refractivity contribution is 6.30. The first-order valence-electron chi connectivity index (χ1n) is 9.67. The molecule has 0 bridgehead atoms. The van der Waals surface area contributed by atoms with Crippen molar-refractivity contribution in [2.24, 2.45) is 11.8 Å². The van der Waals surface area contributed by atoms with Gasteiger partial charge in [0, 0.05) is 23.0 Å². The Balaban J connectivity index is 1.83. The molecule has 0 aromatic heterocycles. The highest BCUT2D eigenvalue weighted by Crippen LogP contribution is 2.47. The standard InChI is InChI=1S/C23H30ClNO2/c1-25(2)16-19-15-18(14-17-8-10-20(24)11-9-17)12-13-23(19,26)21-6-4-5-7-22(21)27-3/h4-11,18-19,26H,12-16H2,1-3H3. The van der Waals surface area contributed by atoms with Gasteiger partial charge in [-0.3, -0.25) is 0 Å². The molecule has 3 rings (SSSR count). The van der Waals surface area contributed by atoms with Gasteiger partial charge in [-0.2, -0.15) is 0 Å². The van der Waals surface area contributed by atoms with E-state index in [1.54, 1.807) is 7.11 Å².